The van der Waals surface area contributed by atoms with Crippen molar-refractivity contribution in [3.05, 3.63) is 90.2 Å². The summed E-state index contributed by atoms with van der Waals surface area (Å²) in [5, 5.41) is 0. The molecule has 6 heteroatoms. The maximum atomic E-state index is 14.0. The van der Waals surface area contributed by atoms with Crippen LogP contribution in [0.3, 0.4) is 0 Å². The van der Waals surface area contributed by atoms with Crippen molar-refractivity contribution in [1.29, 1.82) is 0 Å². The molecule has 1 aromatic heterocycles. The van der Waals surface area contributed by atoms with Crippen molar-refractivity contribution in [3.8, 4) is 11.3 Å². The minimum atomic E-state index is -0.485. The fourth-order valence-corrected chi connectivity index (χ4v) is 3.93. The Kier molecular flexibility index (Phi) is 5.04. The number of fused-ring (bicyclic) bond motifs is 1. The number of rotatable bonds is 3. The molecule has 1 saturated heterocycles. The lowest BCUT2D eigenvalue weighted by Crippen LogP contribution is -2.49. The third-order valence-corrected chi connectivity index (χ3v) is 5.57. The summed E-state index contributed by atoms with van der Waals surface area (Å²) in [5.74, 6) is 0.0511. The Labute approximate surface area is 179 Å². The maximum absolute atomic E-state index is 14.0. The van der Waals surface area contributed by atoms with Gasteiger partial charge in [-0.25, -0.2) is 14.4 Å². The summed E-state index contributed by atoms with van der Waals surface area (Å²) in [4.78, 5) is 26.4. The van der Waals surface area contributed by atoms with Crippen LogP contribution in [0.1, 0.15) is 10.4 Å². The van der Waals surface area contributed by atoms with Crippen LogP contribution in [-0.2, 0) is 0 Å². The standard InChI is InChI=1S/C25H21FN4O/c26-20-11-5-4-10-19(20)25(31)30-16-14-29(15-17-30)24-23(18-8-2-1-3-9-18)27-21-12-6-7-13-22(21)28-24/h1-13H,14-17H2. The molecular formula is C25H21FN4O. The Morgan fingerprint density at radius 3 is 2.06 bits per heavy atom. The predicted molar refractivity (Wildman–Crippen MR) is 119 cm³/mol. The van der Waals surface area contributed by atoms with Gasteiger partial charge in [-0.2, -0.15) is 0 Å². The van der Waals surface area contributed by atoms with Gasteiger partial charge in [0.05, 0.1) is 16.6 Å². The summed E-state index contributed by atoms with van der Waals surface area (Å²) in [6, 6.07) is 24.0. The van der Waals surface area contributed by atoms with Crippen LogP contribution >= 0.6 is 0 Å². The van der Waals surface area contributed by atoms with Crippen LogP contribution in [0, 0.1) is 5.82 Å². The summed E-state index contributed by atoms with van der Waals surface area (Å²) >= 11 is 0. The van der Waals surface area contributed by atoms with E-state index in [2.05, 4.69) is 4.90 Å². The first-order valence-corrected chi connectivity index (χ1v) is 10.3. The molecule has 4 aromatic rings. The molecule has 3 aromatic carbocycles. The number of carbonyl (C=O) groups is 1. The van der Waals surface area contributed by atoms with Gasteiger partial charge in [0.15, 0.2) is 5.82 Å². The fourth-order valence-electron chi connectivity index (χ4n) is 3.93. The van der Waals surface area contributed by atoms with E-state index in [1.807, 2.05) is 54.6 Å². The van der Waals surface area contributed by atoms with E-state index in [0.717, 1.165) is 28.1 Å². The van der Waals surface area contributed by atoms with E-state index < -0.39 is 5.82 Å². The summed E-state index contributed by atoms with van der Waals surface area (Å²) in [5.41, 5.74) is 3.63. The quantitative estimate of drug-likeness (QED) is 0.501. The molecule has 0 spiro atoms. The highest BCUT2D eigenvalue weighted by atomic mass is 19.1. The lowest BCUT2D eigenvalue weighted by atomic mass is 10.1. The molecule has 1 fully saturated rings. The van der Waals surface area contributed by atoms with Crippen molar-refractivity contribution in [2.24, 2.45) is 0 Å². The van der Waals surface area contributed by atoms with Gasteiger partial charge >= 0.3 is 0 Å². The monoisotopic (exact) mass is 412 g/mol. The number of aromatic nitrogens is 2. The zero-order valence-electron chi connectivity index (χ0n) is 16.9. The largest absolute Gasteiger partial charge is 0.351 e. The highest BCUT2D eigenvalue weighted by molar-refractivity contribution is 5.94. The minimum Gasteiger partial charge on any atom is -0.351 e. The van der Waals surface area contributed by atoms with Gasteiger partial charge in [0.1, 0.15) is 11.5 Å². The molecule has 0 N–H and O–H groups in total. The molecule has 0 aliphatic carbocycles. The number of halogens is 1. The van der Waals surface area contributed by atoms with Crippen molar-refractivity contribution in [2.75, 3.05) is 31.1 Å². The second-order valence-electron chi connectivity index (χ2n) is 7.51. The van der Waals surface area contributed by atoms with Gasteiger partial charge in [-0.15, -0.1) is 0 Å². The first-order valence-electron chi connectivity index (χ1n) is 10.3. The molecule has 0 unspecified atom stereocenters. The number of hydrogen-bond acceptors (Lipinski definition) is 4. The number of nitrogens with zero attached hydrogens (tertiary/aromatic N) is 4. The molecule has 0 radical (unpaired) electrons. The molecule has 1 aliphatic rings. The topological polar surface area (TPSA) is 49.3 Å². The highest BCUT2D eigenvalue weighted by Gasteiger charge is 2.26. The highest BCUT2D eigenvalue weighted by Crippen LogP contribution is 2.30. The maximum Gasteiger partial charge on any atom is 0.256 e. The second kappa shape index (κ2) is 8.14. The van der Waals surface area contributed by atoms with Crippen molar-refractivity contribution in [2.45, 2.75) is 0 Å². The summed E-state index contributed by atoms with van der Waals surface area (Å²) in [6.45, 7) is 2.20. The predicted octanol–water partition coefficient (Wildman–Crippen LogP) is 4.40. The molecule has 0 saturated carbocycles. The van der Waals surface area contributed by atoms with Gasteiger partial charge in [-0.1, -0.05) is 54.6 Å². The number of hydrogen-bond donors (Lipinski definition) is 0. The average molecular weight is 412 g/mol. The van der Waals surface area contributed by atoms with Gasteiger partial charge in [0.2, 0.25) is 0 Å². The van der Waals surface area contributed by atoms with Crippen LogP contribution in [-0.4, -0.2) is 47.0 Å². The van der Waals surface area contributed by atoms with Gasteiger partial charge in [0, 0.05) is 31.7 Å². The smallest absolute Gasteiger partial charge is 0.256 e. The number of piperazine rings is 1. The second-order valence-corrected chi connectivity index (χ2v) is 7.51. The van der Waals surface area contributed by atoms with Crippen molar-refractivity contribution in [3.63, 3.8) is 0 Å². The summed E-state index contributed by atoms with van der Waals surface area (Å²) in [7, 11) is 0. The number of amides is 1. The molecular weight excluding hydrogens is 391 g/mol. The molecule has 154 valence electrons. The molecule has 1 aliphatic heterocycles. The van der Waals surface area contributed by atoms with Crippen LogP contribution < -0.4 is 4.90 Å². The number of anilines is 1. The third-order valence-electron chi connectivity index (χ3n) is 5.57. The van der Waals surface area contributed by atoms with E-state index in [-0.39, 0.29) is 11.5 Å². The normalized spacial score (nSPS) is 14.1. The van der Waals surface area contributed by atoms with Crippen LogP contribution in [0.15, 0.2) is 78.9 Å². The number of benzene rings is 3. The van der Waals surface area contributed by atoms with Crippen molar-refractivity contribution in [1.82, 2.24) is 14.9 Å². The van der Waals surface area contributed by atoms with E-state index in [1.54, 1.807) is 17.0 Å². The Hall–Kier alpha value is -3.80. The lowest BCUT2D eigenvalue weighted by Gasteiger charge is -2.36. The zero-order valence-corrected chi connectivity index (χ0v) is 16.9. The van der Waals surface area contributed by atoms with Gasteiger partial charge < -0.3 is 9.80 Å². The lowest BCUT2D eigenvalue weighted by molar-refractivity contribution is 0.0742. The van der Waals surface area contributed by atoms with E-state index in [0.29, 0.717) is 26.2 Å². The van der Waals surface area contributed by atoms with Gasteiger partial charge in [-0.3, -0.25) is 4.79 Å². The first-order chi connectivity index (χ1) is 15.2. The van der Waals surface area contributed by atoms with Gasteiger partial charge in [-0.05, 0) is 24.3 Å². The summed E-state index contributed by atoms with van der Waals surface area (Å²) in [6.07, 6.45) is 0. The SMILES string of the molecule is O=C(c1ccccc1F)N1CCN(c2nc3ccccc3nc2-c2ccccc2)CC1. The van der Waals surface area contributed by atoms with Crippen LogP contribution in [0.25, 0.3) is 22.3 Å². The van der Waals surface area contributed by atoms with E-state index in [9.17, 15) is 9.18 Å². The van der Waals surface area contributed by atoms with E-state index in [4.69, 9.17) is 9.97 Å². The molecule has 0 atom stereocenters. The van der Waals surface area contributed by atoms with Crippen LogP contribution in [0.5, 0.6) is 0 Å². The first kappa shape index (κ1) is 19.2. The van der Waals surface area contributed by atoms with Crippen LogP contribution in [0.2, 0.25) is 0 Å². The number of para-hydroxylation sites is 2. The fraction of sp³-hybridized carbons (Fsp3) is 0.160. The van der Waals surface area contributed by atoms with Gasteiger partial charge in [0.25, 0.3) is 5.91 Å². The number of carbonyl (C=O) groups excluding carboxylic acids is 1. The van der Waals surface area contributed by atoms with Crippen molar-refractivity contribution >= 4 is 22.8 Å². The molecule has 5 nitrogen and oxygen atoms in total. The Balaban J connectivity index is 1.44. The molecule has 2 heterocycles. The Morgan fingerprint density at radius 1 is 0.742 bits per heavy atom. The molecule has 31 heavy (non-hydrogen) atoms. The molecule has 1 amide bonds. The zero-order chi connectivity index (χ0) is 21.2. The third kappa shape index (κ3) is 3.72. The minimum absolute atomic E-state index is 0.117. The molecule has 5 rings (SSSR count). The average Bonchev–Trinajstić information content (AvgIpc) is 2.84. The Bertz CT molecular complexity index is 1240. The molecule has 0 bridgehead atoms. The Morgan fingerprint density at radius 2 is 1.35 bits per heavy atom. The van der Waals surface area contributed by atoms with E-state index in [1.165, 1.54) is 12.1 Å². The summed E-state index contributed by atoms with van der Waals surface area (Å²) < 4.78 is 14.0. The van der Waals surface area contributed by atoms with Crippen LogP contribution in [0.4, 0.5) is 10.2 Å². The van der Waals surface area contributed by atoms with E-state index >= 15 is 0 Å². The van der Waals surface area contributed by atoms with Crippen molar-refractivity contribution < 1.29 is 9.18 Å².